The Morgan fingerprint density at radius 2 is 2.25 bits per heavy atom. The molecule has 3 heteroatoms. The summed E-state index contributed by atoms with van der Waals surface area (Å²) >= 11 is 0. The molecule has 0 fully saturated rings. The van der Waals surface area contributed by atoms with Crippen LogP contribution in [0.1, 0.15) is 26.7 Å². The molecule has 1 rings (SSSR count). The van der Waals surface area contributed by atoms with Gasteiger partial charge in [-0.15, -0.1) is 0 Å². The van der Waals surface area contributed by atoms with Crippen molar-refractivity contribution in [3.05, 3.63) is 23.2 Å². The highest BCUT2D eigenvalue weighted by molar-refractivity contribution is 5.25. The predicted octanol–water partition coefficient (Wildman–Crippen LogP) is 2.46. The molecule has 0 radical (unpaired) electrons. The van der Waals surface area contributed by atoms with E-state index in [1.54, 1.807) is 6.08 Å². The molecule has 1 aliphatic rings. The van der Waals surface area contributed by atoms with Gasteiger partial charge in [-0.3, -0.25) is 0 Å². The van der Waals surface area contributed by atoms with Crippen LogP contribution in [0.2, 0.25) is 0 Å². The van der Waals surface area contributed by atoms with Crippen molar-refractivity contribution in [1.29, 1.82) is 0 Å². The maximum atomic E-state index is 8.49. The molecule has 1 aliphatic carbocycles. The van der Waals surface area contributed by atoms with Crippen LogP contribution in [-0.2, 0) is 9.62 Å². The standard InChI is InChI=1S/C9H14O3/c1-3-11-8-5-4-7(2)9(6-8)12-10/h6,10H,3-5H2,1-2H3. The SMILES string of the molecule is CCOC1=CC(OO)=C(C)CC1. The second-order valence-corrected chi connectivity index (χ2v) is 2.78. The van der Waals surface area contributed by atoms with E-state index in [-0.39, 0.29) is 0 Å². The fourth-order valence-electron chi connectivity index (χ4n) is 1.18. The average Bonchev–Trinajstić information content (AvgIpc) is 2.09. The van der Waals surface area contributed by atoms with E-state index < -0.39 is 0 Å². The maximum absolute atomic E-state index is 8.49. The molecule has 0 amide bonds. The Morgan fingerprint density at radius 3 is 2.83 bits per heavy atom. The fourth-order valence-corrected chi connectivity index (χ4v) is 1.18. The van der Waals surface area contributed by atoms with Crippen LogP contribution in [-0.4, -0.2) is 11.9 Å². The van der Waals surface area contributed by atoms with Gasteiger partial charge in [0.25, 0.3) is 0 Å². The molecule has 0 atom stereocenters. The highest BCUT2D eigenvalue weighted by Crippen LogP contribution is 2.24. The van der Waals surface area contributed by atoms with Crippen molar-refractivity contribution in [2.45, 2.75) is 26.7 Å². The third-order valence-corrected chi connectivity index (χ3v) is 1.89. The molecule has 0 aliphatic heterocycles. The Bertz CT molecular complexity index is 212. The summed E-state index contributed by atoms with van der Waals surface area (Å²) < 4.78 is 5.30. The minimum atomic E-state index is 0.518. The lowest BCUT2D eigenvalue weighted by molar-refractivity contribution is -0.200. The van der Waals surface area contributed by atoms with Crippen LogP contribution < -0.4 is 0 Å². The molecule has 1 N–H and O–H groups in total. The maximum Gasteiger partial charge on any atom is 0.167 e. The van der Waals surface area contributed by atoms with Crippen molar-refractivity contribution in [2.24, 2.45) is 0 Å². The van der Waals surface area contributed by atoms with Crippen molar-refractivity contribution in [3.8, 4) is 0 Å². The molecule has 0 heterocycles. The molecule has 0 aromatic carbocycles. The van der Waals surface area contributed by atoms with E-state index in [2.05, 4.69) is 4.89 Å². The summed E-state index contributed by atoms with van der Waals surface area (Å²) in [5.41, 5.74) is 1.06. The molecule has 0 spiro atoms. The monoisotopic (exact) mass is 170 g/mol. The second kappa shape index (κ2) is 4.16. The highest BCUT2D eigenvalue weighted by Gasteiger charge is 2.11. The molecule has 0 unspecified atom stereocenters. The van der Waals surface area contributed by atoms with E-state index >= 15 is 0 Å². The quantitative estimate of drug-likeness (QED) is 0.522. The Balaban J connectivity index is 2.69. The zero-order valence-electron chi connectivity index (χ0n) is 7.46. The van der Waals surface area contributed by atoms with E-state index in [0.29, 0.717) is 12.4 Å². The summed E-state index contributed by atoms with van der Waals surface area (Å²) in [6.07, 6.45) is 3.52. The van der Waals surface area contributed by atoms with Crippen LogP contribution in [0, 0.1) is 0 Å². The first-order valence-corrected chi connectivity index (χ1v) is 4.12. The summed E-state index contributed by atoms with van der Waals surface area (Å²) in [4.78, 5) is 4.20. The largest absolute Gasteiger partial charge is 0.498 e. The van der Waals surface area contributed by atoms with E-state index in [1.807, 2.05) is 13.8 Å². The normalized spacial score (nSPS) is 17.4. The molecular weight excluding hydrogens is 156 g/mol. The van der Waals surface area contributed by atoms with Gasteiger partial charge >= 0.3 is 0 Å². The van der Waals surface area contributed by atoms with Crippen molar-refractivity contribution in [1.82, 2.24) is 0 Å². The first kappa shape index (κ1) is 9.13. The molecule has 0 saturated heterocycles. The third-order valence-electron chi connectivity index (χ3n) is 1.89. The molecular formula is C9H14O3. The molecule has 3 nitrogen and oxygen atoms in total. The smallest absolute Gasteiger partial charge is 0.167 e. The van der Waals surface area contributed by atoms with Gasteiger partial charge < -0.3 is 9.62 Å². The number of allylic oxidation sites excluding steroid dienone is 3. The fraction of sp³-hybridized carbons (Fsp3) is 0.556. The summed E-state index contributed by atoms with van der Waals surface area (Å²) in [5.74, 6) is 1.40. The van der Waals surface area contributed by atoms with Gasteiger partial charge in [0.1, 0.15) is 5.76 Å². The zero-order valence-corrected chi connectivity index (χ0v) is 7.46. The highest BCUT2D eigenvalue weighted by atomic mass is 17.1. The number of hydrogen-bond donors (Lipinski definition) is 1. The van der Waals surface area contributed by atoms with Gasteiger partial charge in [0.15, 0.2) is 5.76 Å². The lowest BCUT2D eigenvalue weighted by Crippen LogP contribution is -2.02. The Kier molecular flexibility index (Phi) is 3.17. The van der Waals surface area contributed by atoms with Gasteiger partial charge in [-0.2, -0.15) is 0 Å². The van der Waals surface area contributed by atoms with E-state index in [0.717, 1.165) is 24.2 Å². The van der Waals surface area contributed by atoms with E-state index in [9.17, 15) is 0 Å². The second-order valence-electron chi connectivity index (χ2n) is 2.78. The lowest BCUT2D eigenvalue weighted by Gasteiger charge is -2.15. The van der Waals surface area contributed by atoms with Gasteiger partial charge in [-0.1, -0.05) is 0 Å². The number of rotatable bonds is 3. The molecule has 0 bridgehead atoms. The summed E-state index contributed by atoms with van der Waals surface area (Å²) in [6.45, 7) is 4.53. The Hall–Kier alpha value is -0.960. The minimum Gasteiger partial charge on any atom is -0.498 e. The van der Waals surface area contributed by atoms with E-state index in [1.165, 1.54) is 0 Å². The van der Waals surface area contributed by atoms with Crippen molar-refractivity contribution < 1.29 is 14.9 Å². The molecule has 0 saturated carbocycles. The average molecular weight is 170 g/mol. The van der Waals surface area contributed by atoms with Gasteiger partial charge in [-0.05, 0) is 25.8 Å². The first-order valence-electron chi connectivity index (χ1n) is 4.12. The Morgan fingerprint density at radius 1 is 1.50 bits per heavy atom. The lowest BCUT2D eigenvalue weighted by atomic mass is 10.0. The van der Waals surface area contributed by atoms with Crippen LogP contribution >= 0.6 is 0 Å². The van der Waals surface area contributed by atoms with E-state index in [4.69, 9.17) is 9.99 Å². The molecule has 68 valence electrons. The van der Waals surface area contributed by atoms with Gasteiger partial charge in [-0.25, -0.2) is 5.26 Å². The van der Waals surface area contributed by atoms with Gasteiger partial charge in [0.2, 0.25) is 0 Å². The predicted molar refractivity (Wildman–Crippen MR) is 45.4 cm³/mol. The van der Waals surface area contributed by atoms with Gasteiger partial charge in [0.05, 0.1) is 6.61 Å². The number of ether oxygens (including phenoxy) is 1. The van der Waals surface area contributed by atoms with Crippen LogP contribution in [0.15, 0.2) is 23.2 Å². The van der Waals surface area contributed by atoms with Crippen LogP contribution in [0.4, 0.5) is 0 Å². The molecule has 0 aromatic heterocycles. The van der Waals surface area contributed by atoms with Crippen LogP contribution in [0.5, 0.6) is 0 Å². The first-order chi connectivity index (χ1) is 5.77. The Labute approximate surface area is 72.2 Å². The van der Waals surface area contributed by atoms with Crippen molar-refractivity contribution in [3.63, 3.8) is 0 Å². The summed E-state index contributed by atoms with van der Waals surface area (Å²) in [5, 5.41) is 8.49. The van der Waals surface area contributed by atoms with Crippen molar-refractivity contribution >= 4 is 0 Å². The minimum absolute atomic E-state index is 0.518. The van der Waals surface area contributed by atoms with Gasteiger partial charge in [0, 0.05) is 12.5 Å². The topological polar surface area (TPSA) is 38.7 Å². The van der Waals surface area contributed by atoms with Crippen LogP contribution in [0.25, 0.3) is 0 Å². The van der Waals surface area contributed by atoms with Crippen molar-refractivity contribution in [2.75, 3.05) is 6.61 Å². The molecule has 12 heavy (non-hydrogen) atoms. The molecule has 0 aromatic rings. The summed E-state index contributed by atoms with van der Waals surface area (Å²) in [7, 11) is 0. The number of hydrogen-bond acceptors (Lipinski definition) is 3. The van der Waals surface area contributed by atoms with Crippen LogP contribution in [0.3, 0.4) is 0 Å². The third kappa shape index (κ3) is 2.01. The zero-order chi connectivity index (χ0) is 8.97. The summed E-state index contributed by atoms with van der Waals surface area (Å²) in [6, 6.07) is 0.